The molecule has 1 aliphatic carbocycles. The lowest BCUT2D eigenvalue weighted by Gasteiger charge is -2.19. The lowest BCUT2D eigenvalue weighted by Crippen LogP contribution is -2.29. The van der Waals surface area contributed by atoms with Crippen LogP contribution in [0.15, 0.2) is 48.6 Å². The van der Waals surface area contributed by atoms with Gasteiger partial charge in [0.25, 0.3) is 11.8 Å². The van der Waals surface area contributed by atoms with Crippen molar-refractivity contribution in [2.24, 2.45) is 0 Å². The van der Waals surface area contributed by atoms with E-state index in [1.807, 2.05) is 0 Å². The molecule has 1 aromatic carbocycles. The van der Waals surface area contributed by atoms with Crippen LogP contribution in [0.25, 0.3) is 0 Å². The number of carbonyl (C=O) groups is 3. The minimum Gasteiger partial charge on any atom is -0.446 e. The largest absolute Gasteiger partial charge is 0.446 e. The van der Waals surface area contributed by atoms with E-state index in [1.54, 1.807) is 24.3 Å². The lowest BCUT2D eigenvalue weighted by atomic mass is 10.0. The predicted molar refractivity (Wildman–Crippen MR) is 94.2 cm³/mol. The number of imide groups is 1. The molecule has 0 radical (unpaired) electrons. The van der Waals surface area contributed by atoms with Gasteiger partial charge in [-0.2, -0.15) is 0 Å². The number of allylic oxidation sites excluding steroid dienone is 2. The van der Waals surface area contributed by atoms with Gasteiger partial charge in [-0.3, -0.25) is 14.9 Å². The fourth-order valence-corrected chi connectivity index (χ4v) is 2.89. The van der Waals surface area contributed by atoms with E-state index in [2.05, 4.69) is 17.5 Å². The number of carbonyl (C=O) groups excluding carboxylic acids is 3. The summed E-state index contributed by atoms with van der Waals surface area (Å²) in [5.74, 6) is -0.744. The highest BCUT2D eigenvalue weighted by molar-refractivity contribution is 6.28. The molecule has 0 unspecified atom stereocenters. The molecule has 0 spiro atoms. The molecule has 25 heavy (non-hydrogen) atoms. The normalized spacial score (nSPS) is 20.3. The van der Waals surface area contributed by atoms with Crippen molar-refractivity contribution in [3.05, 3.63) is 48.6 Å². The van der Waals surface area contributed by atoms with Crippen molar-refractivity contribution >= 4 is 29.3 Å². The van der Waals surface area contributed by atoms with Crippen molar-refractivity contribution in [3.63, 3.8) is 0 Å². The fourth-order valence-electron chi connectivity index (χ4n) is 2.89. The van der Waals surface area contributed by atoms with E-state index in [9.17, 15) is 14.4 Å². The van der Waals surface area contributed by atoms with Crippen molar-refractivity contribution in [1.82, 2.24) is 0 Å². The van der Waals surface area contributed by atoms with E-state index in [0.717, 1.165) is 37.0 Å². The third-order valence-corrected chi connectivity index (χ3v) is 4.17. The van der Waals surface area contributed by atoms with Gasteiger partial charge in [-0.05, 0) is 56.4 Å². The topological polar surface area (TPSA) is 75.7 Å². The first-order chi connectivity index (χ1) is 12.1. The molecule has 1 atom stereocenters. The number of hydrogen-bond acceptors (Lipinski definition) is 4. The van der Waals surface area contributed by atoms with Gasteiger partial charge in [-0.25, -0.2) is 9.69 Å². The second kappa shape index (κ2) is 7.79. The zero-order valence-corrected chi connectivity index (χ0v) is 13.8. The quantitative estimate of drug-likeness (QED) is 0.674. The Kier molecular flexibility index (Phi) is 5.28. The standard InChI is InChI=1S/C19H20N2O4/c22-17-12-13-18(23)21(17)15-10-8-14(9-11-15)20-19(24)25-16-6-4-2-1-3-5-7-16/h1-2,8-13,16H,3-7H2,(H,20,24)/t16-/m1/s1. The molecule has 3 amide bonds. The van der Waals surface area contributed by atoms with E-state index in [4.69, 9.17) is 4.74 Å². The molecule has 2 aliphatic rings. The smallest absolute Gasteiger partial charge is 0.411 e. The van der Waals surface area contributed by atoms with Crippen LogP contribution < -0.4 is 10.2 Å². The van der Waals surface area contributed by atoms with Crippen LogP contribution in [0.1, 0.15) is 32.1 Å². The van der Waals surface area contributed by atoms with Crippen molar-refractivity contribution < 1.29 is 19.1 Å². The number of rotatable bonds is 3. The second-order valence-corrected chi connectivity index (χ2v) is 6.02. The van der Waals surface area contributed by atoms with Crippen LogP contribution in [0.4, 0.5) is 16.2 Å². The molecule has 0 fully saturated rings. The fraction of sp³-hybridized carbons (Fsp3) is 0.316. The summed E-state index contributed by atoms with van der Waals surface area (Å²) in [5, 5.41) is 2.68. The van der Waals surface area contributed by atoms with Gasteiger partial charge in [0.2, 0.25) is 0 Å². The summed E-state index contributed by atoms with van der Waals surface area (Å²) in [6.45, 7) is 0. The van der Waals surface area contributed by atoms with Crippen LogP contribution >= 0.6 is 0 Å². The first kappa shape index (κ1) is 17.0. The molecular formula is C19H20N2O4. The third kappa shape index (κ3) is 4.35. The predicted octanol–water partition coefficient (Wildman–Crippen LogP) is 3.55. The maximum absolute atomic E-state index is 12.0. The molecule has 0 bridgehead atoms. The maximum atomic E-state index is 12.0. The van der Waals surface area contributed by atoms with Crippen molar-refractivity contribution in [1.29, 1.82) is 0 Å². The average molecular weight is 340 g/mol. The Labute approximate surface area is 146 Å². The SMILES string of the molecule is O=C(Nc1ccc(N2C(=O)C=CC2=O)cc1)O[C@@H]1CCC=CCCC1. The van der Waals surface area contributed by atoms with Gasteiger partial charge in [-0.15, -0.1) is 0 Å². The Balaban J connectivity index is 1.56. The molecule has 1 aromatic rings. The van der Waals surface area contributed by atoms with Crippen LogP contribution in [-0.4, -0.2) is 24.0 Å². The van der Waals surface area contributed by atoms with Gasteiger partial charge in [0.15, 0.2) is 0 Å². The van der Waals surface area contributed by atoms with Crippen molar-refractivity contribution in [2.45, 2.75) is 38.2 Å². The van der Waals surface area contributed by atoms with Crippen LogP contribution in [0, 0.1) is 0 Å². The summed E-state index contributed by atoms with van der Waals surface area (Å²) in [5.41, 5.74) is 1.01. The zero-order valence-electron chi connectivity index (χ0n) is 13.8. The third-order valence-electron chi connectivity index (χ3n) is 4.17. The summed E-state index contributed by atoms with van der Waals surface area (Å²) >= 11 is 0. The van der Waals surface area contributed by atoms with Crippen LogP contribution in [0.3, 0.4) is 0 Å². The number of hydrogen-bond donors (Lipinski definition) is 1. The van der Waals surface area contributed by atoms with Crippen LogP contribution in [-0.2, 0) is 14.3 Å². The molecular weight excluding hydrogens is 320 g/mol. The van der Waals surface area contributed by atoms with E-state index < -0.39 is 6.09 Å². The Morgan fingerprint density at radius 3 is 2.40 bits per heavy atom. The average Bonchev–Trinajstić information content (AvgIpc) is 2.90. The number of ether oxygens (including phenoxy) is 1. The Hall–Kier alpha value is -2.89. The van der Waals surface area contributed by atoms with E-state index >= 15 is 0 Å². The Bertz CT molecular complexity index is 703. The molecule has 1 heterocycles. The van der Waals surface area contributed by atoms with Gasteiger partial charge >= 0.3 is 6.09 Å². The summed E-state index contributed by atoms with van der Waals surface area (Å²) in [4.78, 5) is 36.4. The first-order valence-corrected chi connectivity index (χ1v) is 8.42. The molecule has 0 saturated carbocycles. The molecule has 130 valence electrons. The number of benzene rings is 1. The summed E-state index contributed by atoms with van der Waals surface area (Å²) in [7, 11) is 0. The summed E-state index contributed by atoms with van der Waals surface area (Å²) in [6.07, 6.45) is 10.8. The minimum absolute atomic E-state index is 0.0739. The minimum atomic E-state index is -0.489. The van der Waals surface area contributed by atoms with E-state index in [1.165, 1.54) is 12.2 Å². The highest BCUT2D eigenvalue weighted by Gasteiger charge is 2.25. The molecule has 3 rings (SSSR count). The molecule has 6 heteroatoms. The van der Waals surface area contributed by atoms with E-state index in [0.29, 0.717) is 11.4 Å². The molecule has 1 aliphatic heterocycles. The molecule has 0 saturated heterocycles. The van der Waals surface area contributed by atoms with Crippen molar-refractivity contribution in [2.75, 3.05) is 10.2 Å². The van der Waals surface area contributed by atoms with Gasteiger partial charge in [0.05, 0.1) is 5.69 Å². The highest BCUT2D eigenvalue weighted by Crippen LogP contribution is 2.22. The van der Waals surface area contributed by atoms with Crippen LogP contribution in [0.5, 0.6) is 0 Å². The summed E-state index contributed by atoms with van der Waals surface area (Å²) < 4.78 is 5.48. The van der Waals surface area contributed by atoms with Gasteiger partial charge in [0, 0.05) is 17.8 Å². The lowest BCUT2D eigenvalue weighted by molar-refractivity contribution is -0.119. The molecule has 1 N–H and O–H groups in total. The Morgan fingerprint density at radius 2 is 1.68 bits per heavy atom. The maximum Gasteiger partial charge on any atom is 0.411 e. The van der Waals surface area contributed by atoms with Gasteiger partial charge in [-0.1, -0.05) is 12.2 Å². The molecule has 6 nitrogen and oxygen atoms in total. The Morgan fingerprint density at radius 1 is 1.00 bits per heavy atom. The number of amides is 3. The van der Waals surface area contributed by atoms with Gasteiger partial charge in [0.1, 0.15) is 6.10 Å². The number of nitrogens with one attached hydrogen (secondary N) is 1. The summed E-state index contributed by atoms with van der Waals surface area (Å²) in [6, 6.07) is 6.49. The highest BCUT2D eigenvalue weighted by atomic mass is 16.6. The zero-order chi connectivity index (χ0) is 17.6. The monoisotopic (exact) mass is 340 g/mol. The van der Waals surface area contributed by atoms with Gasteiger partial charge < -0.3 is 4.74 Å². The number of anilines is 2. The first-order valence-electron chi connectivity index (χ1n) is 8.42. The second-order valence-electron chi connectivity index (χ2n) is 6.02. The van der Waals surface area contributed by atoms with E-state index in [-0.39, 0.29) is 17.9 Å². The molecule has 0 aromatic heterocycles. The number of nitrogens with zero attached hydrogens (tertiary/aromatic N) is 1. The van der Waals surface area contributed by atoms with Crippen LogP contribution in [0.2, 0.25) is 0 Å². The van der Waals surface area contributed by atoms with Crippen molar-refractivity contribution in [3.8, 4) is 0 Å².